The third-order valence-corrected chi connectivity index (χ3v) is 3.85. The standard InChI is InChI=1S/C19H16FN3O4/c1-27-16-9-5-2-6-12(16)10-15-18(25)23(19(26)22-15)11-17(24)21-14-8-4-3-7-13(14)20/h2-10H,11H2,1H3,(H,21,24)(H,22,26)/b15-10+. The number of benzene rings is 2. The van der Waals surface area contributed by atoms with E-state index in [-0.39, 0.29) is 11.4 Å². The van der Waals surface area contributed by atoms with Gasteiger partial charge in [0.25, 0.3) is 5.91 Å². The van der Waals surface area contributed by atoms with Crippen LogP contribution in [0.25, 0.3) is 6.08 Å². The zero-order valence-corrected chi connectivity index (χ0v) is 14.4. The molecule has 4 amide bonds. The molecule has 27 heavy (non-hydrogen) atoms. The maximum atomic E-state index is 13.6. The van der Waals surface area contributed by atoms with Crippen LogP contribution in [0.15, 0.2) is 54.2 Å². The number of methoxy groups -OCH3 is 1. The fraction of sp³-hybridized carbons (Fsp3) is 0.105. The second kappa shape index (κ2) is 7.69. The van der Waals surface area contributed by atoms with Gasteiger partial charge in [0.1, 0.15) is 23.8 Å². The number of nitrogens with zero attached hydrogens (tertiary/aromatic N) is 1. The maximum absolute atomic E-state index is 13.6. The molecule has 0 bridgehead atoms. The predicted molar refractivity (Wildman–Crippen MR) is 96.2 cm³/mol. The maximum Gasteiger partial charge on any atom is 0.329 e. The molecule has 138 valence electrons. The van der Waals surface area contributed by atoms with Crippen LogP contribution in [-0.2, 0) is 9.59 Å². The lowest BCUT2D eigenvalue weighted by Crippen LogP contribution is -2.38. The van der Waals surface area contributed by atoms with Gasteiger partial charge in [0.05, 0.1) is 12.8 Å². The van der Waals surface area contributed by atoms with E-state index in [1.165, 1.54) is 31.4 Å². The van der Waals surface area contributed by atoms with Crippen LogP contribution in [0.5, 0.6) is 5.75 Å². The molecule has 3 rings (SSSR count). The molecule has 8 heteroatoms. The van der Waals surface area contributed by atoms with E-state index in [0.29, 0.717) is 11.3 Å². The van der Waals surface area contributed by atoms with Crippen LogP contribution in [-0.4, -0.2) is 36.4 Å². The third-order valence-electron chi connectivity index (χ3n) is 3.85. The summed E-state index contributed by atoms with van der Waals surface area (Å²) in [4.78, 5) is 37.4. The van der Waals surface area contributed by atoms with E-state index in [0.717, 1.165) is 4.90 Å². The number of anilines is 1. The van der Waals surface area contributed by atoms with Crippen molar-refractivity contribution in [1.82, 2.24) is 10.2 Å². The molecule has 2 aromatic rings. The summed E-state index contributed by atoms with van der Waals surface area (Å²) >= 11 is 0. The molecule has 0 aliphatic carbocycles. The fourth-order valence-electron chi connectivity index (χ4n) is 2.55. The summed E-state index contributed by atoms with van der Waals surface area (Å²) in [7, 11) is 1.49. The largest absolute Gasteiger partial charge is 0.496 e. The first-order valence-electron chi connectivity index (χ1n) is 8.01. The van der Waals surface area contributed by atoms with Gasteiger partial charge in [0.2, 0.25) is 5.91 Å². The number of carbonyl (C=O) groups excluding carboxylic acids is 3. The van der Waals surface area contributed by atoms with Crippen molar-refractivity contribution in [3.05, 3.63) is 65.6 Å². The highest BCUT2D eigenvalue weighted by Gasteiger charge is 2.35. The first-order valence-corrected chi connectivity index (χ1v) is 8.01. The Morgan fingerprint density at radius 3 is 2.63 bits per heavy atom. The number of urea groups is 1. The Morgan fingerprint density at radius 2 is 1.89 bits per heavy atom. The first-order chi connectivity index (χ1) is 13.0. The first kappa shape index (κ1) is 18.1. The normalized spacial score (nSPS) is 15.0. The van der Waals surface area contributed by atoms with Crippen LogP contribution in [0.4, 0.5) is 14.9 Å². The lowest BCUT2D eigenvalue weighted by Gasteiger charge is -2.12. The molecule has 1 aliphatic heterocycles. The lowest BCUT2D eigenvalue weighted by atomic mass is 10.1. The Hall–Kier alpha value is -3.68. The fourth-order valence-corrected chi connectivity index (χ4v) is 2.55. The van der Waals surface area contributed by atoms with Crippen molar-refractivity contribution >= 4 is 29.6 Å². The highest BCUT2D eigenvalue weighted by atomic mass is 19.1. The Morgan fingerprint density at radius 1 is 1.19 bits per heavy atom. The average Bonchev–Trinajstić information content (AvgIpc) is 2.91. The molecule has 0 saturated carbocycles. The highest BCUT2D eigenvalue weighted by molar-refractivity contribution is 6.16. The SMILES string of the molecule is COc1ccccc1/C=C1/NC(=O)N(CC(=O)Nc2ccccc2F)C1=O. The summed E-state index contributed by atoms with van der Waals surface area (Å²) in [6.07, 6.45) is 1.47. The number of rotatable bonds is 5. The molecule has 2 aromatic carbocycles. The molecule has 0 aromatic heterocycles. The third kappa shape index (κ3) is 3.95. The summed E-state index contributed by atoms with van der Waals surface area (Å²) in [6, 6.07) is 11.9. The van der Waals surface area contributed by atoms with Gasteiger partial charge in [0, 0.05) is 5.56 Å². The lowest BCUT2D eigenvalue weighted by molar-refractivity contribution is -0.127. The number of imide groups is 1. The number of para-hydroxylation sites is 2. The van der Waals surface area contributed by atoms with Gasteiger partial charge in [-0.15, -0.1) is 0 Å². The molecule has 0 radical (unpaired) electrons. The van der Waals surface area contributed by atoms with E-state index >= 15 is 0 Å². The summed E-state index contributed by atoms with van der Waals surface area (Å²) in [6.45, 7) is -0.539. The van der Waals surface area contributed by atoms with Crippen LogP contribution in [0.3, 0.4) is 0 Å². The summed E-state index contributed by atoms with van der Waals surface area (Å²) < 4.78 is 18.8. The zero-order chi connectivity index (χ0) is 19.4. The monoisotopic (exact) mass is 369 g/mol. The second-order valence-electron chi connectivity index (χ2n) is 5.65. The predicted octanol–water partition coefficient (Wildman–Crippen LogP) is 2.37. The number of hydrogen-bond acceptors (Lipinski definition) is 4. The zero-order valence-electron chi connectivity index (χ0n) is 14.4. The molecular formula is C19H16FN3O4. The number of carbonyl (C=O) groups is 3. The topological polar surface area (TPSA) is 87.7 Å². The Kier molecular flexibility index (Phi) is 5.16. The quantitative estimate of drug-likeness (QED) is 0.626. The summed E-state index contributed by atoms with van der Waals surface area (Å²) in [5.41, 5.74) is 0.587. The number of nitrogens with one attached hydrogen (secondary N) is 2. The Labute approximate surface area is 154 Å². The van der Waals surface area contributed by atoms with Crippen molar-refractivity contribution < 1.29 is 23.5 Å². The number of halogens is 1. The minimum Gasteiger partial charge on any atom is -0.496 e. The van der Waals surface area contributed by atoms with Crippen molar-refractivity contribution in [3.63, 3.8) is 0 Å². The molecule has 2 N–H and O–H groups in total. The van der Waals surface area contributed by atoms with Crippen molar-refractivity contribution in [2.24, 2.45) is 0 Å². The van der Waals surface area contributed by atoms with Crippen LogP contribution in [0, 0.1) is 5.82 Å². The van der Waals surface area contributed by atoms with Gasteiger partial charge in [-0.2, -0.15) is 0 Å². The average molecular weight is 369 g/mol. The molecule has 0 spiro atoms. The van der Waals surface area contributed by atoms with Gasteiger partial charge in [-0.05, 0) is 24.3 Å². The van der Waals surface area contributed by atoms with Gasteiger partial charge >= 0.3 is 6.03 Å². The van der Waals surface area contributed by atoms with Crippen molar-refractivity contribution in [2.75, 3.05) is 19.0 Å². The number of ether oxygens (including phenoxy) is 1. The van der Waals surface area contributed by atoms with Crippen LogP contribution < -0.4 is 15.4 Å². The molecule has 1 saturated heterocycles. The highest BCUT2D eigenvalue weighted by Crippen LogP contribution is 2.22. The van der Waals surface area contributed by atoms with Crippen LogP contribution >= 0.6 is 0 Å². The molecular weight excluding hydrogens is 353 g/mol. The number of amides is 4. The Bertz CT molecular complexity index is 942. The van der Waals surface area contributed by atoms with Gasteiger partial charge in [-0.25, -0.2) is 14.1 Å². The van der Waals surface area contributed by atoms with Crippen molar-refractivity contribution in [1.29, 1.82) is 0 Å². The van der Waals surface area contributed by atoms with E-state index in [1.54, 1.807) is 30.3 Å². The van der Waals surface area contributed by atoms with Crippen LogP contribution in [0.1, 0.15) is 5.56 Å². The molecule has 0 atom stereocenters. The van der Waals surface area contributed by atoms with E-state index in [4.69, 9.17) is 4.74 Å². The van der Waals surface area contributed by atoms with Gasteiger partial charge < -0.3 is 15.4 Å². The summed E-state index contributed by atoms with van der Waals surface area (Å²) in [5, 5.41) is 4.76. The van der Waals surface area contributed by atoms with E-state index < -0.39 is 30.2 Å². The summed E-state index contributed by atoms with van der Waals surface area (Å²) in [5.74, 6) is -1.43. The van der Waals surface area contributed by atoms with E-state index in [2.05, 4.69) is 10.6 Å². The minimum absolute atomic E-state index is 0.0168. The molecule has 1 fully saturated rings. The van der Waals surface area contributed by atoms with Crippen molar-refractivity contribution in [3.8, 4) is 5.75 Å². The molecule has 1 aliphatic rings. The second-order valence-corrected chi connectivity index (χ2v) is 5.65. The molecule has 0 unspecified atom stereocenters. The smallest absolute Gasteiger partial charge is 0.329 e. The van der Waals surface area contributed by atoms with Gasteiger partial charge in [-0.1, -0.05) is 30.3 Å². The van der Waals surface area contributed by atoms with Gasteiger partial charge in [-0.3, -0.25) is 9.59 Å². The van der Waals surface area contributed by atoms with Crippen LogP contribution in [0.2, 0.25) is 0 Å². The minimum atomic E-state index is -0.732. The van der Waals surface area contributed by atoms with E-state index in [9.17, 15) is 18.8 Å². The molecule has 1 heterocycles. The number of hydrogen-bond donors (Lipinski definition) is 2. The Balaban J connectivity index is 1.73. The van der Waals surface area contributed by atoms with E-state index in [1.807, 2.05) is 0 Å². The van der Waals surface area contributed by atoms with Gasteiger partial charge in [0.15, 0.2) is 0 Å². The van der Waals surface area contributed by atoms with Crippen molar-refractivity contribution in [2.45, 2.75) is 0 Å². The molecule has 7 nitrogen and oxygen atoms in total.